The highest BCUT2D eigenvalue weighted by Gasteiger charge is 2.15. The Morgan fingerprint density at radius 1 is 1.33 bits per heavy atom. The van der Waals surface area contributed by atoms with Crippen molar-refractivity contribution in [2.45, 2.75) is 19.8 Å². The average molecular weight is 206 g/mol. The van der Waals surface area contributed by atoms with Gasteiger partial charge in [0.05, 0.1) is 0 Å². The quantitative estimate of drug-likeness (QED) is 0.757. The average Bonchev–Trinajstić information content (AvgIpc) is 2.31. The summed E-state index contributed by atoms with van der Waals surface area (Å²) in [5.41, 5.74) is 1.54. The fourth-order valence-electron chi connectivity index (χ4n) is 2.39. The molecule has 0 spiro atoms. The largest absolute Gasteiger partial charge is 0.314 e. The minimum atomic E-state index is 0.694. The molecule has 2 aliphatic rings. The lowest BCUT2D eigenvalue weighted by Crippen LogP contribution is -2.45. The molecule has 1 aliphatic heterocycles. The van der Waals surface area contributed by atoms with Crippen LogP contribution in [0, 0.1) is 5.92 Å². The second-order valence-electron chi connectivity index (χ2n) is 4.64. The zero-order valence-corrected chi connectivity index (χ0v) is 9.71. The van der Waals surface area contributed by atoms with E-state index >= 15 is 0 Å². The molecular formula is C13H22N2. The topological polar surface area (TPSA) is 15.3 Å². The molecule has 15 heavy (non-hydrogen) atoms. The third-order valence-electron chi connectivity index (χ3n) is 3.33. The summed E-state index contributed by atoms with van der Waals surface area (Å²) in [7, 11) is 0. The Morgan fingerprint density at radius 3 is 2.80 bits per heavy atom. The van der Waals surface area contributed by atoms with Crippen LogP contribution in [0.5, 0.6) is 0 Å². The monoisotopic (exact) mass is 206 g/mol. The van der Waals surface area contributed by atoms with Crippen LogP contribution in [0.4, 0.5) is 0 Å². The molecule has 0 unspecified atom stereocenters. The first kappa shape index (κ1) is 10.9. The summed E-state index contributed by atoms with van der Waals surface area (Å²) in [5, 5.41) is 3.40. The van der Waals surface area contributed by atoms with Crippen LogP contribution in [0.3, 0.4) is 0 Å². The first-order chi connectivity index (χ1) is 7.36. The van der Waals surface area contributed by atoms with Crippen LogP contribution in [0.1, 0.15) is 19.8 Å². The maximum atomic E-state index is 3.40. The Hall–Kier alpha value is -0.600. The Balaban J connectivity index is 1.82. The van der Waals surface area contributed by atoms with Gasteiger partial charge in [0, 0.05) is 32.7 Å². The number of rotatable bonds is 3. The lowest BCUT2D eigenvalue weighted by molar-refractivity contribution is 0.222. The van der Waals surface area contributed by atoms with Crippen LogP contribution in [0.15, 0.2) is 23.8 Å². The molecule has 0 saturated carbocycles. The van der Waals surface area contributed by atoms with Crippen molar-refractivity contribution in [2.24, 2.45) is 5.92 Å². The predicted molar refractivity (Wildman–Crippen MR) is 64.9 cm³/mol. The molecule has 1 aliphatic carbocycles. The standard InChI is InChI=1S/C13H22N2/c1-12(13-5-3-2-4-6-13)11-15-9-7-14-8-10-15/h3,5-6,12,14H,2,4,7-11H2,1H3/t12-/m0/s1. The van der Waals surface area contributed by atoms with Gasteiger partial charge >= 0.3 is 0 Å². The van der Waals surface area contributed by atoms with Crippen molar-refractivity contribution in [2.75, 3.05) is 32.7 Å². The van der Waals surface area contributed by atoms with Gasteiger partial charge in [-0.3, -0.25) is 0 Å². The highest BCUT2D eigenvalue weighted by Crippen LogP contribution is 2.19. The second-order valence-corrected chi connectivity index (χ2v) is 4.64. The number of hydrogen-bond acceptors (Lipinski definition) is 2. The molecule has 1 saturated heterocycles. The van der Waals surface area contributed by atoms with Crippen LogP contribution in [0.25, 0.3) is 0 Å². The van der Waals surface area contributed by atoms with E-state index in [2.05, 4.69) is 35.4 Å². The van der Waals surface area contributed by atoms with Crippen molar-refractivity contribution in [3.63, 3.8) is 0 Å². The lowest BCUT2D eigenvalue weighted by Gasteiger charge is -2.30. The van der Waals surface area contributed by atoms with Gasteiger partial charge < -0.3 is 10.2 Å². The summed E-state index contributed by atoms with van der Waals surface area (Å²) in [4.78, 5) is 2.57. The Bertz CT molecular complexity index is 249. The molecule has 2 heteroatoms. The first-order valence-electron chi connectivity index (χ1n) is 6.16. The molecular weight excluding hydrogens is 184 g/mol. The van der Waals surface area contributed by atoms with E-state index in [9.17, 15) is 0 Å². The molecule has 0 aromatic heterocycles. The lowest BCUT2D eigenvalue weighted by atomic mass is 9.95. The van der Waals surface area contributed by atoms with Crippen molar-refractivity contribution in [3.05, 3.63) is 23.8 Å². The van der Waals surface area contributed by atoms with Gasteiger partial charge in [-0.2, -0.15) is 0 Å². The zero-order chi connectivity index (χ0) is 10.5. The third kappa shape index (κ3) is 3.18. The number of nitrogens with zero attached hydrogens (tertiary/aromatic N) is 1. The SMILES string of the molecule is C[C@@H](CN1CCNCC1)C1=CCCC=C1. The summed E-state index contributed by atoms with van der Waals surface area (Å²) < 4.78 is 0. The van der Waals surface area contributed by atoms with Gasteiger partial charge in [-0.25, -0.2) is 0 Å². The van der Waals surface area contributed by atoms with Gasteiger partial charge in [-0.05, 0) is 24.3 Å². The predicted octanol–water partition coefficient (Wildman–Crippen LogP) is 1.80. The second kappa shape index (κ2) is 5.47. The van der Waals surface area contributed by atoms with Crippen molar-refractivity contribution < 1.29 is 0 Å². The number of allylic oxidation sites excluding steroid dienone is 3. The highest BCUT2D eigenvalue weighted by atomic mass is 15.2. The zero-order valence-electron chi connectivity index (χ0n) is 9.71. The maximum Gasteiger partial charge on any atom is 0.0108 e. The molecule has 0 radical (unpaired) electrons. The van der Waals surface area contributed by atoms with E-state index in [1.807, 2.05) is 0 Å². The molecule has 0 bridgehead atoms. The van der Waals surface area contributed by atoms with E-state index < -0.39 is 0 Å². The molecule has 1 N–H and O–H groups in total. The summed E-state index contributed by atoms with van der Waals surface area (Å²) in [6.45, 7) is 8.30. The molecule has 0 aromatic rings. The van der Waals surface area contributed by atoms with Crippen LogP contribution < -0.4 is 5.32 Å². The fraction of sp³-hybridized carbons (Fsp3) is 0.692. The van der Waals surface area contributed by atoms with E-state index in [4.69, 9.17) is 0 Å². The van der Waals surface area contributed by atoms with Crippen molar-refractivity contribution in [1.29, 1.82) is 0 Å². The summed E-state index contributed by atoms with van der Waals surface area (Å²) in [5.74, 6) is 0.694. The highest BCUT2D eigenvalue weighted by molar-refractivity contribution is 5.24. The van der Waals surface area contributed by atoms with Gasteiger partial charge in [-0.1, -0.05) is 25.2 Å². The molecule has 2 rings (SSSR count). The first-order valence-corrected chi connectivity index (χ1v) is 6.16. The van der Waals surface area contributed by atoms with Crippen molar-refractivity contribution in [3.8, 4) is 0 Å². The smallest absolute Gasteiger partial charge is 0.0108 e. The number of hydrogen-bond donors (Lipinski definition) is 1. The summed E-state index contributed by atoms with van der Waals surface area (Å²) in [6.07, 6.45) is 9.49. The molecule has 1 fully saturated rings. The van der Waals surface area contributed by atoms with Crippen molar-refractivity contribution >= 4 is 0 Å². The van der Waals surface area contributed by atoms with Crippen LogP contribution in [0.2, 0.25) is 0 Å². The molecule has 84 valence electrons. The van der Waals surface area contributed by atoms with Crippen LogP contribution in [-0.4, -0.2) is 37.6 Å². The van der Waals surface area contributed by atoms with E-state index in [1.165, 1.54) is 32.5 Å². The minimum absolute atomic E-state index is 0.694. The van der Waals surface area contributed by atoms with Gasteiger partial charge in [0.15, 0.2) is 0 Å². The van der Waals surface area contributed by atoms with Gasteiger partial charge in [0.2, 0.25) is 0 Å². The van der Waals surface area contributed by atoms with E-state index in [0.29, 0.717) is 5.92 Å². The molecule has 0 aromatic carbocycles. The van der Waals surface area contributed by atoms with Crippen molar-refractivity contribution in [1.82, 2.24) is 10.2 Å². The summed E-state index contributed by atoms with van der Waals surface area (Å²) >= 11 is 0. The van der Waals surface area contributed by atoms with E-state index in [-0.39, 0.29) is 0 Å². The van der Waals surface area contributed by atoms with Gasteiger partial charge in [-0.15, -0.1) is 0 Å². The van der Waals surface area contributed by atoms with Gasteiger partial charge in [0.1, 0.15) is 0 Å². The molecule has 1 atom stereocenters. The molecule has 1 heterocycles. The fourth-order valence-corrected chi connectivity index (χ4v) is 2.39. The molecule has 0 amide bonds. The number of piperazine rings is 1. The maximum absolute atomic E-state index is 3.40. The third-order valence-corrected chi connectivity index (χ3v) is 3.33. The molecule has 2 nitrogen and oxygen atoms in total. The van der Waals surface area contributed by atoms with Crippen LogP contribution >= 0.6 is 0 Å². The van der Waals surface area contributed by atoms with E-state index in [0.717, 1.165) is 13.1 Å². The summed E-state index contributed by atoms with van der Waals surface area (Å²) in [6, 6.07) is 0. The normalized spacial score (nSPS) is 25.0. The van der Waals surface area contributed by atoms with E-state index in [1.54, 1.807) is 5.57 Å². The Kier molecular flexibility index (Phi) is 3.98. The Labute approximate surface area is 93.0 Å². The minimum Gasteiger partial charge on any atom is -0.314 e. The van der Waals surface area contributed by atoms with Gasteiger partial charge in [0.25, 0.3) is 0 Å². The van der Waals surface area contributed by atoms with Crippen LogP contribution in [-0.2, 0) is 0 Å². The number of nitrogens with one attached hydrogen (secondary N) is 1. The Morgan fingerprint density at radius 2 is 2.13 bits per heavy atom.